The Morgan fingerprint density at radius 2 is 1.25 bits per heavy atom. The van der Waals surface area contributed by atoms with E-state index in [0.717, 1.165) is 16.0 Å². The molecule has 0 unspecified atom stereocenters. The lowest BCUT2D eigenvalue weighted by molar-refractivity contribution is 0.395. The van der Waals surface area contributed by atoms with Gasteiger partial charge in [-0.2, -0.15) is 10.2 Å². The van der Waals surface area contributed by atoms with Gasteiger partial charge in [-0.05, 0) is 60.0 Å². The average molecular weight is 742 g/mol. The molecule has 0 spiro atoms. The number of hydrazine groups is 1. The number of halogens is 4. The molecule has 5 aromatic heterocycles. The first-order valence-electron chi connectivity index (χ1n) is 15.3. The van der Waals surface area contributed by atoms with Gasteiger partial charge in [0, 0.05) is 41.0 Å². The maximum atomic E-state index is 14.7. The number of hydrogen-bond acceptors (Lipinski definition) is 9. The number of fused-ring (bicyclic) bond motifs is 2. The highest BCUT2D eigenvalue weighted by molar-refractivity contribution is 7.13. The number of thiophene rings is 1. The number of nitrogens with zero attached hydrogens (tertiary/aromatic N) is 8. The summed E-state index contributed by atoms with van der Waals surface area (Å²) in [5.74, 6) is 0.710. The predicted molar refractivity (Wildman–Crippen MR) is 195 cm³/mol. The summed E-state index contributed by atoms with van der Waals surface area (Å²) in [4.78, 5) is 11.1. The molecule has 0 aliphatic heterocycles. The fraction of sp³-hybridized carbons (Fsp3) is 0.0556. The zero-order chi connectivity index (χ0) is 35.2. The fourth-order valence-electron chi connectivity index (χ4n) is 5.71. The first kappa shape index (κ1) is 32.4. The van der Waals surface area contributed by atoms with Crippen LogP contribution in [0.2, 0.25) is 10.0 Å². The van der Waals surface area contributed by atoms with Gasteiger partial charge in [0.25, 0.3) is 0 Å². The molecular formula is C36H24Cl2F2N8O2S. The maximum absolute atomic E-state index is 14.7. The zero-order valence-electron chi connectivity index (χ0n) is 26.7. The molecule has 15 heteroatoms. The molecule has 10 nitrogen and oxygen atoms in total. The van der Waals surface area contributed by atoms with Crippen LogP contribution in [0.3, 0.4) is 0 Å². The lowest BCUT2D eigenvalue weighted by Crippen LogP contribution is -2.37. The van der Waals surface area contributed by atoms with Crippen molar-refractivity contribution in [3.8, 4) is 33.1 Å². The molecule has 0 atom stereocenters. The van der Waals surface area contributed by atoms with E-state index < -0.39 is 11.6 Å². The molecule has 0 N–H and O–H groups in total. The lowest BCUT2D eigenvalue weighted by atomic mass is 10.1. The first-order valence-corrected chi connectivity index (χ1v) is 16.9. The summed E-state index contributed by atoms with van der Waals surface area (Å²) in [6.45, 7) is 0. The molecule has 5 heterocycles. The number of rotatable bonds is 9. The first-order chi connectivity index (χ1) is 24.8. The predicted octanol–water partition coefficient (Wildman–Crippen LogP) is 9.66. The smallest absolute Gasteiger partial charge is 0.166 e. The summed E-state index contributed by atoms with van der Waals surface area (Å²) in [6, 6.07) is 21.5. The Hall–Kier alpha value is -5.76. The SMILES string of the molecule is COc1ccc(-c2cnn3ccc(N(c4ccc(F)c(Cl)c4)N(c4ccc(F)c(Cl)c4)c4ccn5ncc(-c6cccs6)c5n4)nc23)c(OC)c1. The van der Waals surface area contributed by atoms with Gasteiger partial charge in [0.15, 0.2) is 22.9 Å². The van der Waals surface area contributed by atoms with Crippen LogP contribution in [0.5, 0.6) is 11.5 Å². The minimum Gasteiger partial charge on any atom is -0.497 e. The molecule has 0 aliphatic carbocycles. The third-order valence-electron chi connectivity index (χ3n) is 8.12. The number of benzene rings is 3. The van der Waals surface area contributed by atoms with Gasteiger partial charge in [-0.3, -0.25) is 0 Å². The van der Waals surface area contributed by atoms with Crippen molar-refractivity contribution in [1.82, 2.24) is 29.2 Å². The van der Waals surface area contributed by atoms with Crippen LogP contribution >= 0.6 is 34.5 Å². The van der Waals surface area contributed by atoms with Gasteiger partial charge >= 0.3 is 0 Å². The van der Waals surface area contributed by atoms with Crippen LogP contribution in [0.1, 0.15) is 0 Å². The Morgan fingerprint density at radius 3 is 1.78 bits per heavy atom. The van der Waals surface area contributed by atoms with Gasteiger partial charge < -0.3 is 9.47 Å². The highest BCUT2D eigenvalue weighted by atomic mass is 35.5. The van der Waals surface area contributed by atoms with Gasteiger partial charge in [-0.1, -0.05) is 29.3 Å². The van der Waals surface area contributed by atoms with Crippen molar-refractivity contribution >= 4 is 68.8 Å². The summed E-state index contributed by atoms with van der Waals surface area (Å²) >= 11 is 14.3. The third kappa shape index (κ3) is 5.84. The van der Waals surface area contributed by atoms with Crippen molar-refractivity contribution < 1.29 is 18.3 Å². The summed E-state index contributed by atoms with van der Waals surface area (Å²) in [7, 11) is 3.15. The summed E-state index contributed by atoms with van der Waals surface area (Å²) in [6.07, 6.45) is 6.95. The van der Waals surface area contributed by atoms with Crippen LogP contribution in [-0.2, 0) is 0 Å². The second-order valence-electron chi connectivity index (χ2n) is 11.1. The molecule has 0 bridgehead atoms. The largest absolute Gasteiger partial charge is 0.497 e. The Labute approximate surface area is 303 Å². The summed E-state index contributed by atoms with van der Waals surface area (Å²) in [5.41, 5.74) is 4.09. The highest BCUT2D eigenvalue weighted by Gasteiger charge is 2.27. The summed E-state index contributed by atoms with van der Waals surface area (Å²) < 4.78 is 43.7. The number of aromatic nitrogens is 6. The standard InChI is InChI=1S/C36H24Cl2F2N8O2S/c1-49-23-7-8-24(31(18-23)50-2)25-19-41-45-13-11-33(43-35(25)45)47(21-5-9-29(39)27(37)16-21)48(22-6-10-30(40)28(38)17-22)34-12-14-46-36(44-34)26(20-42-46)32-4-3-15-51-32/h3-20H,1-2H3. The van der Waals surface area contributed by atoms with Crippen LogP contribution in [0.15, 0.2) is 109 Å². The minimum atomic E-state index is -0.607. The molecule has 8 aromatic rings. The Balaban J connectivity index is 1.38. The number of methoxy groups -OCH3 is 2. The molecule has 0 saturated carbocycles. The van der Waals surface area contributed by atoms with Gasteiger partial charge in [-0.15, -0.1) is 11.3 Å². The molecular weight excluding hydrogens is 717 g/mol. The van der Waals surface area contributed by atoms with Crippen molar-refractivity contribution in [1.29, 1.82) is 0 Å². The van der Waals surface area contributed by atoms with E-state index >= 15 is 0 Å². The molecule has 0 saturated heterocycles. The van der Waals surface area contributed by atoms with Crippen molar-refractivity contribution in [2.45, 2.75) is 0 Å². The van der Waals surface area contributed by atoms with Crippen LogP contribution < -0.4 is 19.5 Å². The van der Waals surface area contributed by atoms with E-state index in [1.54, 1.807) is 99.7 Å². The molecule has 3 aromatic carbocycles. The zero-order valence-corrected chi connectivity index (χ0v) is 29.0. The van der Waals surface area contributed by atoms with Crippen LogP contribution in [0, 0.1) is 11.6 Å². The normalized spacial score (nSPS) is 11.3. The second kappa shape index (κ2) is 13.2. The van der Waals surface area contributed by atoms with Crippen molar-refractivity contribution in [3.63, 3.8) is 0 Å². The maximum Gasteiger partial charge on any atom is 0.166 e. The number of anilines is 4. The molecule has 51 heavy (non-hydrogen) atoms. The minimum absolute atomic E-state index is 0.118. The molecule has 0 amide bonds. The Morgan fingerprint density at radius 1 is 0.667 bits per heavy atom. The average Bonchev–Trinajstić information content (AvgIpc) is 3.93. The lowest BCUT2D eigenvalue weighted by Gasteiger charge is -2.36. The highest BCUT2D eigenvalue weighted by Crippen LogP contribution is 2.40. The van der Waals surface area contributed by atoms with Crippen molar-refractivity contribution in [2.75, 3.05) is 24.2 Å². The van der Waals surface area contributed by atoms with E-state index in [9.17, 15) is 8.78 Å². The summed E-state index contributed by atoms with van der Waals surface area (Å²) in [5, 5.41) is 14.2. The molecule has 254 valence electrons. The third-order valence-corrected chi connectivity index (χ3v) is 9.61. The molecule has 0 fully saturated rings. The number of hydrogen-bond donors (Lipinski definition) is 0. The van der Waals surface area contributed by atoms with E-state index in [1.165, 1.54) is 24.3 Å². The Bertz CT molecular complexity index is 2560. The number of ether oxygens (including phenoxy) is 2. The van der Waals surface area contributed by atoms with E-state index in [4.69, 9.17) is 42.6 Å². The van der Waals surface area contributed by atoms with E-state index in [-0.39, 0.29) is 10.0 Å². The van der Waals surface area contributed by atoms with Gasteiger partial charge in [0.1, 0.15) is 23.1 Å². The Kier molecular flexibility index (Phi) is 8.38. The van der Waals surface area contributed by atoms with Crippen molar-refractivity contribution in [2.24, 2.45) is 0 Å². The van der Waals surface area contributed by atoms with E-state index in [2.05, 4.69) is 10.2 Å². The molecule has 0 radical (unpaired) electrons. The quantitative estimate of drug-likeness (QED) is 0.135. The monoisotopic (exact) mass is 740 g/mol. The molecule has 8 rings (SSSR count). The molecule has 0 aliphatic rings. The van der Waals surface area contributed by atoms with Crippen LogP contribution in [0.25, 0.3) is 32.9 Å². The van der Waals surface area contributed by atoms with Gasteiger partial charge in [-0.25, -0.2) is 37.8 Å². The van der Waals surface area contributed by atoms with E-state index in [0.29, 0.717) is 51.4 Å². The fourth-order valence-corrected chi connectivity index (χ4v) is 6.79. The van der Waals surface area contributed by atoms with Crippen LogP contribution in [0.4, 0.5) is 31.8 Å². The van der Waals surface area contributed by atoms with Gasteiger partial charge in [0.2, 0.25) is 0 Å². The van der Waals surface area contributed by atoms with E-state index in [1.807, 2.05) is 29.6 Å². The second-order valence-corrected chi connectivity index (χ2v) is 12.9. The van der Waals surface area contributed by atoms with Gasteiger partial charge in [0.05, 0.1) is 59.2 Å². The van der Waals surface area contributed by atoms with Crippen LogP contribution in [-0.4, -0.2) is 43.4 Å². The topological polar surface area (TPSA) is 85.3 Å². The van der Waals surface area contributed by atoms with Crippen molar-refractivity contribution in [3.05, 3.63) is 131 Å².